The Balaban J connectivity index is 1.82. The third-order valence-electron chi connectivity index (χ3n) is 8.45. The van der Waals surface area contributed by atoms with Crippen molar-refractivity contribution in [3.05, 3.63) is 35.9 Å². The lowest BCUT2D eigenvalue weighted by molar-refractivity contribution is -0.146. The molecule has 6 amide bonds. The smallest absolute Gasteiger partial charge is 0.326 e. The average molecular weight is 674 g/mol. The van der Waals surface area contributed by atoms with E-state index in [4.69, 9.17) is 11.5 Å². The Bertz CT molecular complexity index is 1340. The van der Waals surface area contributed by atoms with Gasteiger partial charge in [-0.15, -0.1) is 0 Å². The molecule has 0 aliphatic carbocycles. The number of rotatable bonds is 16. The van der Waals surface area contributed by atoms with Gasteiger partial charge in [0.1, 0.15) is 36.3 Å². The maximum atomic E-state index is 14.1. The van der Waals surface area contributed by atoms with Gasteiger partial charge in [0.2, 0.25) is 35.4 Å². The van der Waals surface area contributed by atoms with Gasteiger partial charge in [-0.3, -0.25) is 28.8 Å². The number of hydrogen-bond donors (Lipinski definition) is 7. The molecule has 2 aliphatic rings. The Kier molecular flexibility index (Phi) is 13.8. The van der Waals surface area contributed by atoms with Crippen molar-refractivity contribution in [1.29, 1.82) is 0 Å². The average Bonchev–Trinajstić information content (AvgIpc) is 3.73. The molecule has 0 spiro atoms. The number of aliphatic carboxylic acids is 1. The highest BCUT2D eigenvalue weighted by Gasteiger charge is 2.41. The third kappa shape index (κ3) is 10.2. The standard InChI is InChI=1S/C32H47N7O9/c1-18(2)14-21(35-28(43)24-10-6-12-38(24)30(45)20(33)17-40)27(42)36-22(15-19-8-4-3-5-9-19)31(46)39-13-7-11-25(39)29(44)37-23(32(47)48)16-26(34)41/h3-5,8-9,18,20-25,40H,6-7,10-17,33H2,1-2H3,(H2,34,41)(H,35,43)(H,36,42)(H,37,44)(H,47,48)/t20-,21-,22-,23-,24-,25-/m0/s1. The van der Waals surface area contributed by atoms with Crippen molar-refractivity contribution in [1.82, 2.24) is 25.8 Å². The molecule has 2 aliphatic heterocycles. The fourth-order valence-electron chi connectivity index (χ4n) is 6.06. The van der Waals surface area contributed by atoms with Gasteiger partial charge in [0.05, 0.1) is 13.0 Å². The number of nitrogens with zero attached hydrogens (tertiary/aromatic N) is 2. The molecule has 2 heterocycles. The second-order valence-corrected chi connectivity index (χ2v) is 12.7. The van der Waals surface area contributed by atoms with Crippen LogP contribution in [0.2, 0.25) is 0 Å². The van der Waals surface area contributed by atoms with E-state index in [2.05, 4.69) is 16.0 Å². The molecule has 0 aromatic heterocycles. The van der Waals surface area contributed by atoms with Crippen LogP contribution >= 0.6 is 0 Å². The van der Waals surface area contributed by atoms with Gasteiger partial charge in [-0.05, 0) is 43.6 Å². The van der Waals surface area contributed by atoms with Crippen LogP contribution in [-0.2, 0) is 40.0 Å². The Labute approximate surface area is 278 Å². The van der Waals surface area contributed by atoms with E-state index in [-0.39, 0.29) is 38.3 Å². The molecular weight excluding hydrogens is 626 g/mol. The normalized spacial score (nSPS) is 20.0. The maximum absolute atomic E-state index is 14.1. The fraction of sp³-hybridized carbons (Fsp3) is 0.594. The Morgan fingerprint density at radius 3 is 1.88 bits per heavy atom. The molecule has 48 heavy (non-hydrogen) atoms. The zero-order valence-corrected chi connectivity index (χ0v) is 27.3. The number of hydrogen-bond acceptors (Lipinski definition) is 9. The van der Waals surface area contributed by atoms with Crippen LogP contribution < -0.4 is 27.4 Å². The van der Waals surface area contributed by atoms with E-state index in [1.807, 2.05) is 13.8 Å². The highest BCUT2D eigenvalue weighted by molar-refractivity contribution is 5.97. The van der Waals surface area contributed by atoms with Crippen LogP contribution in [0.4, 0.5) is 0 Å². The van der Waals surface area contributed by atoms with Crippen molar-refractivity contribution >= 4 is 41.4 Å². The summed E-state index contributed by atoms with van der Waals surface area (Å²) < 4.78 is 0. The molecule has 0 saturated carbocycles. The van der Waals surface area contributed by atoms with Crippen LogP contribution in [0.3, 0.4) is 0 Å². The number of nitrogens with one attached hydrogen (secondary N) is 3. The van der Waals surface area contributed by atoms with Crippen LogP contribution in [0.1, 0.15) is 57.9 Å². The molecule has 16 heteroatoms. The second-order valence-electron chi connectivity index (χ2n) is 12.7. The number of amides is 6. The Hall–Kier alpha value is -4.57. The van der Waals surface area contributed by atoms with Crippen LogP contribution in [0.15, 0.2) is 30.3 Å². The van der Waals surface area contributed by atoms with E-state index < -0.39 is 90.7 Å². The molecular formula is C32H47N7O9. The number of carboxylic acid groups (broad SMARTS) is 1. The minimum atomic E-state index is -1.57. The molecule has 16 nitrogen and oxygen atoms in total. The van der Waals surface area contributed by atoms with Gasteiger partial charge in [0.15, 0.2) is 0 Å². The van der Waals surface area contributed by atoms with E-state index in [1.54, 1.807) is 30.3 Å². The predicted octanol–water partition coefficient (Wildman–Crippen LogP) is -2.01. The molecule has 1 aromatic rings. The molecule has 1 aromatic carbocycles. The second kappa shape index (κ2) is 17.5. The van der Waals surface area contributed by atoms with Crippen molar-refractivity contribution in [2.24, 2.45) is 17.4 Å². The fourth-order valence-corrected chi connectivity index (χ4v) is 6.06. The van der Waals surface area contributed by atoms with Gasteiger partial charge in [0.25, 0.3) is 0 Å². The first kappa shape index (κ1) is 37.9. The third-order valence-corrected chi connectivity index (χ3v) is 8.45. The van der Waals surface area contributed by atoms with Gasteiger partial charge in [0, 0.05) is 19.5 Å². The molecule has 2 fully saturated rings. The predicted molar refractivity (Wildman–Crippen MR) is 171 cm³/mol. The number of aliphatic hydroxyl groups excluding tert-OH is 1. The number of carboxylic acids is 1. The minimum absolute atomic E-state index is 0.0531. The number of carbonyl (C=O) groups excluding carboxylic acids is 6. The molecule has 0 bridgehead atoms. The first-order valence-corrected chi connectivity index (χ1v) is 16.2. The number of likely N-dealkylation sites (tertiary alicyclic amines) is 2. The Morgan fingerprint density at radius 1 is 0.833 bits per heavy atom. The number of nitrogens with two attached hydrogens (primary N) is 2. The van der Waals surface area contributed by atoms with Crippen molar-refractivity contribution in [2.45, 2.75) is 95.0 Å². The molecule has 3 rings (SSSR count). The van der Waals surface area contributed by atoms with Crippen molar-refractivity contribution < 1.29 is 43.8 Å². The molecule has 264 valence electrons. The molecule has 2 saturated heterocycles. The summed E-state index contributed by atoms with van der Waals surface area (Å²) >= 11 is 0. The first-order valence-electron chi connectivity index (χ1n) is 16.2. The van der Waals surface area contributed by atoms with Crippen LogP contribution in [-0.4, -0.2) is 117 Å². The van der Waals surface area contributed by atoms with Gasteiger partial charge in [-0.1, -0.05) is 44.2 Å². The van der Waals surface area contributed by atoms with Gasteiger partial charge >= 0.3 is 5.97 Å². The van der Waals surface area contributed by atoms with E-state index in [0.29, 0.717) is 24.8 Å². The first-order chi connectivity index (χ1) is 22.7. The topological polar surface area (TPSA) is 255 Å². The number of primary amides is 1. The van der Waals surface area contributed by atoms with Gasteiger partial charge < -0.3 is 47.4 Å². The quantitative estimate of drug-likeness (QED) is 0.101. The van der Waals surface area contributed by atoms with Gasteiger partial charge in [-0.25, -0.2) is 4.79 Å². The van der Waals surface area contributed by atoms with E-state index >= 15 is 0 Å². The largest absolute Gasteiger partial charge is 0.480 e. The number of benzene rings is 1. The summed E-state index contributed by atoms with van der Waals surface area (Å²) in [5, 5.41) is 26.6. The monoisotopic (exact) mass is 673 g/mol. The summed E-state index contributed by atoms with van der Waals surface area (Å²) in [4.78, 5) is 92.7. The highest BCUT2D eigenvalue weighted by Crippen LogP contribution is 2.22. The zero-order chi connectivity index (χ0) is 35.5. The molecule has 9 N–H and O–H groups in total. The van der Waals surface area contributed by atoms with E-state index in [1.165, 1.54) is 9.80 Å². The van der Waals surface area contributed by atoms with E-state index in [0.717, 1.165) is 0 Å². The summed E-state index contributed by atoms with van der Waals surface area (Å²) in [6.45, 7) is 3.59. The SMILES string of the molecule is CC(C)C[C@H](NC(=O)[C@@H]1CCCN1C(=O)[C@@H](N)CO)C(=O)N[C@@H](Cc1ccccc1)C(=O)N1CCC[C@H]1C(=O)N[C@@H](CC(N)=O)C(=O)O. The lowest BCUT2D eigenvalue weighted by atomic mass is 10.00. The summed E-state index contributed by atoms with van der Waals surface area (Å²) in [5.41, 5.74) is 11.6. The minimum Gasteiger partial charge on any atom is -0.480 e. The maximum Gasteiger partial charge on any atom is 0.326 e. The number of aliphatic hydroxyl groups is 1. The summed E-state index contributed by atoms with van der Waals surface area (Å²) in [7, 11) is 0. The molecule has 0 radical (unpaired) electrons. The highest BCUT2D eigenvalue weighted by atomic mass is 16.4. The molecule has 6 atom stereocenters. The van der Waals surface area contributed by atoms with Crippen molar-refractivity contribution in [2.75, 3.05) is 19.7 Å². The van der Waals surface area contributed by atoms with E-state index in [9.17, 15) is 43.8 Å². The van der Waals surface area contributed by atoms with Crippen LogP contribution in [0.5, 0.6) is 0 Å². The molecule has 0 unspecified atom stereocenters. The summed E-state index contributed by atoms with van der Waals surface area (Å²) in [5.74, 6) is -5.53. The zero-order valence-electron chi connectivity index (χ0n) is 27.3. The Morgan fingerprint density at radius 2 is 1.38 bits per heavy atom. The summed E-state index contributed by atoms with van der Waals surface area (Å²) in [6, 6.07) is 1.98. The van der Waals surface area contributed by atoms with Gasteiger partial charge in [-0.2, -0.15) is 0 Å². The van der Waals surface area contributed by atoms with Crippen LogP contribution in [0.25, 0.3) is 0 Å². The lowest BCUT2D eigenvalue weighted by Crippen LogP contribution is -2.59. The van der Waals surface area contributed by atoms with Crippen molar-refractivity contribution in [3.63, 3.8) is 0 Å². The number of carbonyl (C=O) groups is 7. The van der Waals surface area contributed by atoms with Crippen LogP contribution in [0, 0.1) is 5.92 Å². The summed E-state index contributed by atoms with van der Waals surface area (Å²) in [6.07, 6.45) is 1.20. The van der Waals surface area contributed by atoms with Crippen molar-refractivity contribution in [3.8, 4) is 0 Å². The lowest BCUT2D eigenvalue weighted by Gasteiger charge is -2.31.